The Bertz CT molecular complexity index is 749. The molecule has 120 valence electrons. The first-order valence-corrected chi connectivity index (χ1v) is 7.23. The summed E-state index contributed by atoms with van der Waals surface area (Å²) in [6.07, 6.45) is -0.824. The Morgan fingerprint density at radius 1 is 1.30 bits per heavy atom. The number of halogens is 1. The maximum Gasteiger partial charge on any atom is 0.273 e. The molecule has 0 unspecified atom stereocenters. The van der Waals surface area contributed by atoms with Gasteiger partial charge in [-0.1, -0.05) is 23.7 Å². The molecule has 6 nitrogen and oxygen atoms in total. The number of nitro benzene ring substituents is 1. The van der Waals surface area contributed by atoms with Gasteiger partial charge in [-0.15, -0.1) is 0 Å². The van der Waals surface area contributed by atoms with Gasteiger partial charge < -0.3 is 10.1 Å². The highest BCUT2D eigenvalue weighted by Gasteiger charge is 2.17. The van der Waals surface area contributed by atoms with Crippen molar-refractivity contribution in [2.75, 3.05) is 5.32 Å². The molecule has 0 bridgehead atoms. The molecule has 0 radical (unpaired) electrons. The molecule has 1 amide bonds. The molecular weight excluding hydrogens is 320 g/mol. The molecule has 0 aromatic heterocycles. The lowest BCUT2D eigenvalue weighted by Gasteiger charge is -2.16. The van der Waals surface area contributed by atoms with E-state index in [1.54, 1.807) is 38.1 Å². The van der Waals surface area contributed by atoms with Gasteiger partial charge in [-0.2, -0.15) is 0 Å². The summed E-state index contributed by atoms with van der Waals surface area (Å²) in [5.74, 6) is -0.119. The first-order valence-electron chi connectivity index (χ1n) is 6.85. The molecule has 0 aliphatic heterocycles. The Labute approximate surface area is 138 Å². The second kappa shape index (κ2) is 7.11. The summed E-state index contributed by atoms with van der Waals surface area (Å²) in [5.41, 5.74) is 1.25. The smallest absolute Gasteiger partial charge is 0.273 e. The topological polar surface area (TPSA) is 81.5 Å². The van der Waals surface area contributed by atoms with Crippen molar-refractivity contribution in [3.8, 4) is 5.75 Å². The molecule has 2 rings (SSSR count). The number of rotatable bonds is 5. The van der Waals surface area contributed by atoms with Crippen LogP contribution in [0.3, 0.4) is 0 Å². The fraction of sp³-hybridized carbons (Fsp3) is 0.188. The highest BCUT2D eigenvalue weighted by Crippen LogP contribution is 2.24. The molecule has 0 saturated heterocycles. The molecule has 7 heteroatoms. The Balaban J connectivity index is 2.07. The number of non-ortho nitro benzene ring substituents is 1. The SMILES string of the molecule is Cc1c(Cl)cccc1NC(=O)[C@@H](C)Oc1cccc([N+](=O)[O-])c1. The van der Waals surface area contributed by atoms with Crippen LogP contribution in [0.5, 0.6) is 5.75 Å². The van der Waals surface area contributed by atoms with Gasteiger partial charge in [0, 0.05) is 16.8 Å². The molecule has 0 fully saturated rings. The van der Waals surface area contributed by atoms with Crippen molar-refractivity contribution in [3.63, 3.8) is 0 Å². The number of amides is 1. The number of ether oxygens (including phenoxy) is 1. The minimum Gasteiger partial charge on any atom is -0.481 e. The Kier molecular flexibility index (Phi) is 5.18. The molecule has 2 aromatic carbocycles. The van der Waals surface area contributed by atoms with Crippen LogP contribution in [0.15, 0.2) is 42.5 Å². The van der Waals surface area contributed by atoms with Crippen LogP contribution in [0.4, 0.5) is 11.4 Å². The predicted molar refractivity (Wildman–Crippen MR) is 88.0 cm³/mol. The van der Waals surface area contributed by atoms with Gasteiger partial charge in [0.1, 0.15) is 5.75 Å². The lowest BCUT2D eigenvalue weighted by atomic mass is 10.2. The average molecular weight is 335 g/mol. The number of carbonyl (C=O) groups excluding carboxylic acids is 1. The molecule has 0 aliphatic rings. The lowest BCUT2D eigenvalue weighted by Crippen LogP contribution is -2.30. The zero-order valence-electron chi connectivity index (χ0n) is 12.6. The van der Waals surface area contributed by atoms with Crippen molar-refractivity contribution in [1.82, 2.24) is 0 Å². The van der Waals surface area contributed by atoms with E-state index in [1.807, 2.05) is 0 Å². The van der Waals surface area contributed by atoms with Gasteiger partial charge in [-0.25, -0.2) is 0 Å². The summed E-state index contributed by atoms with van der Waals surface area (Å²) in [6, 6.07) is 10.9. The lowest BCUT2D eigenvalue weighted by molar-refractivity contribution is -0.384. The third-order valence-corrected chi connectivity index (χ3v) is 3.65. The van der Waals surface area contributed by atoms with Gasteiger partial charge in [0.2, 0.25) is 0 Å². The third kappa shape index (κ3) is 4.20. The second-order valence-corrected chi connectivity index (χ2v) is 5.32. The number of nitrogens with zero attached hydrogens (tertiary/aromatic N) is 1. The highest BCUT2D eigenvalue weighted by molar-refractivity contribution is 6.31. The Morgan fingerprint density at radius 3 is 2.70 bits per heavy atom. The van der Waals surface area contributed by atoms with Gasteiger partial charge in [-0.3, -0.25) is 14.9 Å². The van der Waals surface area contributed by atoms with E-state index in [9.17, 15) is 14.9 Å². The van der Waals surface area contributed by atoms with E-state index in [-0.39, 0.29) is 17.3 Å². The van der Waals surface area contributed by atoms with Crippen molar-refractivity contribution in [2.24, 2.45) is 0 Å². The Hall–Kier alpha value is -2.60. The maximum atomic E-state index is 12.2. The summed E-state index contributed by atoms with van der Waals surface area (Å²) in [5, 5.41) is 14.0. The highest BCUT2D eigenvalue weighted by atomic mass is 35.5. The van der Waals surface area contributed by atoms with Crippen LogP contribution < -0.4 is 10.1 Å². The van der Waals surface area contributed by atoms with Crippen LogP contribution in [0.2, 0.25) is 5.02 Å². The maximum absolute atomic E-state index is 12.2. The number of nitro groups is 1. The van der Waals surface area contributed by atoms with Crippen LogP contribution in [-0.4, -0.2) is 16.9 Å². The van der Waals surface area contributed by atoms with Crippen molar-refractivity contribution in [1.29, 1.82) is 0 Å². The quantitative estimate of drug-likeness (QED) is 0.662. The van der Waals surface area contributed by atoms with Crippen molar-refractivity contribution >= 4 is 28.9 Å². The average Bonchev–Trinajstić information content (AvgIpc) is 2.52. The van der Waals surface area contributed by atoms with E-state index in [1.165, 1.54) is 18.2 Å². The van der Waals surface area contributed by atoms with Gasteiger partial charge >= 0.3 is 0 Å². The fourth-order valence-corrected chi connectivity index (χ4v) is 2.08. The molecule has 0 spiro atoms. The second-order valence-electron chi connectivity index (χ2n) is 4.92. The first-order chi connectivity index (χ1) is 10.9. The summed E-state index contributed by atoms with van der Waals surface area (Å²) in [7, 11) is 0. The standard InChI is InChI=1S/C16H15ClN2O4/c1-10-14(17)7-4-8-15(10)18-16(20)11(2)23-13-6-3-5-12(9-13)19(21)22/h3-9,11H,1-2H3,(H,18,20)/t11-/m1/s1. The van der Waals surface area contributed by atoms with Gasteiger partial charge in [-0.05, 0) is 37.6 Å². The molecule has 1 N–H and O–H groups in total. The monoisotopic (exact) mass is 334 g/mol. The molecule has 23 heavy (non-hydrogen) atoms. The number of benzene rings is 2. The summed E-state index contributed by atoms with van der Waals surface area (Å²) in [6.45, 7) is 3.36. The van der Waals surface area contributed by atoms with E-state index in [4.69, 9.17) is 16.3 Å². The predicted octanol–water partition coefficient (Wildman–Crippen LogP) is 3.96. The molecule has 1 atom stereocenters. The minimum absolute atomic E-state index is 0.0965. The number of nitrogens with one attached hydrogen (secondary N) is 1. The van der Waals surface area contributed by atoms with Gasteiger partial charge in [0.25, 0.3) is 11.6 Å². The number of hydrogen-bond acceptors (Lipinski definition) is 4. The van der Waals surface area contributed by atoms with Crippen LogP contribution >= 0.6 is 11.6 Å². The van der Waals surface area contributed by atoms with E-state index in [2.05, 4.69) is 5.32 Å². The molecule has 0 saturated carbocycles. The molecular formula is C16H15ClN2O4. The normalized spacial score (nSPS) is 11.6. The van der Waals surface area contributed by atoms with Crippen molar-refractivity contribution < 1.29 is 14.5 Å². The van der Waals surface area contributed by atoms with Crippen molar-refractivity contribution in [3.05, 3.63) is 63.2 Å². The first kappa shape index (κ1) is 16.8. The van der Waals surface area contributed by atoms with Gasteiger partial charge in [0.05, 0.1) is 11.0 Å². The van der Waals surface area contributed by atoms with E-state index >= 15 is 0 Å². The Morgan fingerprint density at radius 2 is 2.00 bits per heavy atom. The van der Waals surface area contributed by atoms with E-state index in [0.717, 1.165) is 5.56 Å². The van der Waals surface area contributed by atoms with Gasteiger partial charge in [0.15, 0.2) is 6.10 Å². The van der Waals surface area contributed by atoms with Crippen LogP contribution in [0.1, 0.15) is 12.5 Å². The zero-order chi connectivity index (χ0) is 17.0. The van der Waals surface area contributed by atoms with Crippen molar-refractivity contribution in [2.45, 2.75) is 20.0 Å². The number of carbonyl (C=O) groups is 1. The van der Waals surface area contributed by atoms with Crippen LogP contribution in [0, 0.1) is 17.0 Å². The fourth-order valence-electron chi connectivity index (χ4n) is 1.91. The third-order valence-electron chi connectivity index (χ3n) is 3.24. The summed E-state index contributed by atoms with van der Waals surface area (Å²) in [4.78, 5) is 22.4. The number of anilines is 1. The largest absolute Gasteiger partial charge is 0.481 e. The molecule has 0 aliphatic carbocycles. The van der Waals surface area contributed by atoms with E-state index in [0.29, 0.717) is 10.7 Å². The minimum atomic E-state index is -0.824. The summed E-state index contributed by atoms with van der Waals surface area (Å²) >= 11 is 6.01. The van der Waals surface area contributed by atoms with Crippen LogP contribution in [-0.2, 0) is 4.79 Å². The number of hydrogen-bond donors (Lipinski definition) is 1. The van der Waals surface area contributed by atoms with E-state index < -0.39 is 11.0 Å². The molecule has 2 aromatic rings. The zero-order valence-corrected chi connectivity index (χ0v) is 13.3. The van der Waals surface area contributed by atoms with Crippen LogP contribution in [0.25, 0.3) is 0 Å². The molecule has 0 heterocycles. The summed E-state index contributed by atoms with van der Waals surface area (Å²) < 4.78 is 5.46.